The molecule has 0 atom stereocenters. The lowest BCUT2D eigenvalue weighted by Crippen LogP contribution is -2.49. The Morgan fingerprint density at radius 3 is 2.34 bits per heavy atom. The summed E-state index contributed by atoms with van der Waals surface area (Å²) >= 11 is 0. The zero-order valence-electron chi connectivity index (χ0n) is 16.9. The third kappa shape index (κ3) is 5.48. The summed E-state index contributed by atoms with van der Waals surface area (Å²) in [4.78, 5) is 28.4. The molecule has 0 saturated carbocycles. The second-order valence-electron chi connectivity index (χ2n) is 6.80. The van der Waals surface area contributed by atoms with Gasteiger partial charge in [-0.25, -0.2) is 9.59 Å². The van der Waals surface area contributed by atoms with Gasteiger partial charge in [0.2, 0.25) is 0 Å². The first kappa shape index (κ1) is 20.7. The first-order chi connectivity index (χ1) is 14.1. The van der Waals surface area contributed by atoms with Crippen LogP contribution in [0.1, 0.15) is 22.8 Å². The van der Waals surface area contributed by atoms with E-state index in [1.54, 1.807) is 43.2 Å². The Morgan fingerprint density at radius 1 is 1.00 bits per heavy atom. The van der Waals surface area contributed by atoms with Crippen molar-refractivity contribution in [2.75, 3.05) is 45.2 Å². The number of hydrogen-bond donors (Lipinski definition) is 1. The Labute approximate surface area is 171 Å². The molecule has 0 spiro atoms. The molecule has 7 nitrogen and oxygen atoms in total. The van der Waals surface area contributed by atoms with Crippen molar-refractivity contribution in [3.63, 3.8) is 0 Å². The first-order valence-corrected chi connectivity index (χ1v) is 9.78. The Bertz CT molecular complexity index is 830. The van der Waals surface area contributed by atoms with E-state index < -0.39 is 0 Å². The molecule has 1 aliphatic rings. The van der Waals surface area contributed by atoms with Crippen LogP contribution in [0.15, 0.2) is 48.5 Å². The van der Waals surface area contributed by atoms with E-state index in [0.29, 0.717) is 30.9 Å². The normalized spacial score (nSPS) is 14.3. The van der Waals surface area contributed by atoms with Gasteiger partial charge in [-0.05, 0) is 37.3 Å². The zero-order chi connectivity index (χ0) is 20.6. The lowest BCUT2D eigenvalue weighted by Gasteiger charge is -2.34. The fraction of sp³-hybridized carbons (Fsp3) is 0.364. The summed E-state index contributed by atoms with van der Waals surface area (Å²) in [5, 5.41) is 2.89. The van der Waals surface area contributed by atoms with Crippen molar-refractivity contribution >= 4 is 17.7 Å². The van der Waals surface area contributed by atoms with Crippen LogP contribution in [-0.2, 0) is 11.3 Å². The van der Waals surface area contributed by atoms with Gasteiger partial charge in [0, 0.05) is 44.0 Å². The SMILES string of the molecule is CCOC(=O)c1ccc(NC(=O)N2CCN(Cc3ccccc3OC)CC2)cc1. The number of para-hydroxylation sites is 1. The Hall–Kier alpha value is -3.06. The average molecular weight is 397 g/mol. The summed E-state index contributed by atoms with van der Waals surface area (Å²) in [5.74, 6) is 0.524. The van der Waals surface area contributed by atoms with Gasteiger partial charge in [0.1, 0.15) is 5.75 Å². The largest absolute Gasteiger partial charge is 0.496 e. The highest BCUT2D eigenvalue weighted by atomic mass is 16.5. The Morgan fingerprint density at radius 2 is 1.69 bits per heavy atom. The predicted octanol–water partition coefficient (Wildman–Crippen LogP) is 3.22. The van der Waals surface area contributed by atoms with Crippen molar-refractivity contribution < 1.29 is 19.1 Å². The highest BCUT2D eigenvalue weighted by Crippen LogP contribution is 2.20. The number of benzene rings is 2. The number of ether oxygens (including phenoxy) is 2. The number of amides is 2. The van der Waals surface area contributed by atoms with Gasteiger partial charge in [-0.1, -0.05) is 18.2 Å². The Balaban J connectivity index is 1.49. The molecule has 2 amide bonds. The highest BCUT2D eigenvalue weighted by molar-refractivity contribution is 5.92. The fourth-order valence-electron chi connectivity index (χ4n) is 3.29. The molecule has 1 fully saturated rings. The molecule has 0 aliphatic carbocycles. The van der Waals surface area contributed by atoms with Crippen LogP contribution < -0.4 is 10.1 Å². The van der Waals surface area contributed by atoms with E-state index in [-0.39, 0.29) is 12.0 Å². The van der Waals surface area contributed by atoms with Gasteiger partial charge in [0.05, 0.1) is 19.3 Å². The minimum atomic E-state index is -0.364. The predicted molar refractivity (Wildman–Crippen MR) is 111 cm³/mol. The lowest BCUT2D eigenvalue weighted by molar-refractivity contribution is 0.0526. The van der Waals surface area contributed by atoms with Gasteiger partial charge >= 0.3 is 12.0 Å². The maximum atomic E-state index is 12.5. The van der Waals surface area contributed by atoms with Crippen molar-refractivity contribution in [1.82, 2.24) is 9.80 Å². The van der Waals surface area contributed by atoms with Gasteiger partial charge in [0.15, 0.2) is 0 Å². The van der Waals surface area contributed by atoms with Crippen LogP contribution in [0.25, 0.3) is 0 Å². The van der Waals surface area contributed by atoms with Crippen molar-refractivity contribution in [3.05, 3.63) is 59.7 Å². The van der Waals surface area contributed by atoms with E-state index in [1.807, 2.05) is 18.2 Å². The third-order valence-electron chi connectivity index (χ3n) is 4.89. The van der Waals surface area contributed by atoms with Gasteiger partial charge in [0.25, 0.3) is 0 Å². The molecule has 0 aromatic heterocycles. The first-order valence-electron chi connectivity index (χ1n) is 9.78. The average Bonchev–Trinajstić information content (AvgIpc) is 2.75. The highest BCUT2D eigenvalue weighted by Gasteiger charge is 2.22. The molecule has 29 heavy (non-hydrogen) atoms. The molecule has 1 saturated heterocycles. The molecule has 2 aromatic rings. The molecule has 1 heterocycles. The van der Waals surface area contributed by atoms with Crippen LogP contribution in [0.2, 0.25) is 0 Å². The number of hydrogen-bond acceptors (Lipinski definition) is 5. The molecular formula is C22H27N3O4. The summed E-state index contributed by atoms with van der Waals surface area (Å²) in [5.41, 5.74) is 2.27. The number of esters is 1. The molecule has 1 aliphatic heterocycles. The van der Waals surface area contributed by atoms with E-state index in [2.05, 4.69) is 16.3 Å². The lowest BCUT2D eigenvalue weighted by atomic mass is 10.1. The van der Waals surface area contributed by atoms with Gasteiger partial charge in [-0.2, -0.15) is 0 Å². The minimum Gasteiger partial charge on any atom is -0.496 e. The number of urea groups is 1. The van der Waals surface area contributed by atoms with E-state index in [9.17, 15) is 9.59 Å². The molecule has 3 rings (SSSR count). The number of anilines is 1. The molecular weight excluding hydrogens is 370 g/mol. The summed E-state index contributed by atoms with van der Waals surface area (Å²) in [6, 6.07) is 14.6. The molecule has 0 radical (unpaired) electrons. The summed E-state index contributed by atoms with van der Waals surface area (Å²) in [6.07, 6.45) is 0. The van der Waals surface area contributed by atoms with Crippen molar-refractivity contribution in [2.45, 2.75) is 13.5 Å². The van der Waals surface area contributed by atoms with E-state index >= 15 is 0 Å². The van der Waals surface area contributed by atoms with Crippen molar-refractivity contribution in [3.8, 4) is 5.75 Å². The monoisotopic (exact) mass is 397 g/mol. The van der Waals surface area contributed by atoms with Crippen LogP contribution in [0.3, 0.4) is 0 Å². The summed E-state index contributed by atoms with van der Waals surface area (Å²) in [6.45, 7) is 5.81. The quantitative estimate of drug-likeness (QED) is 0.758. The Kier molecular flexibility index (Phi) is 7.08. The summed E-state index contributed by atoms with van der Waals surface area (Å²) in [7, 11) is 1.68. The number of nitrogens with zero attached hydrogens (tertiary/aromatic N) is 2. The number of methoxy groups -OCH3 is 1. The number of piperazine rings is 1. The topological polar surface area (TPSA) is 71.1 Å². The number of carbonyl (C=O) groups excluding carboxylic acids is 2. The minimum absolute atomic E-state index is 0.133. The smallest absolute Gasteiger partial charge is 0.338 e. The standard InChI is InChI=1S/C22H27N3O4/c1-3-29-21(26)17-8-10-19(11-9-17)23-22(27)25-14-12-24(13-15-25)16-18-6-4-5-7-20(18)28-2/h4-11H,3,12-16H2,1-2H3,(H,23,27). The molecule has 2 aromatic carbocycles. The molecule has 154 valence electrons. The summed E-state index contributed by atoms with van der Waals surface area (Å²) < 4.78 is 10.4. The van der Waals surface area contributed by atoms with Crippen LogP contribution in [-0.4, -0.2) is 61.7 Å². The van der Waals surface area contributed by atoms with Crippen LogP contribution in [0.4, 0.5) is 10.5 Å². The van der Waals surface area contributed by atoms with Crippen LogP contribution in [0, 0.1) is 0 Å². The van der Waals surface area contributed by atoms with Crippen LogP contribution in [0.5, 0.6) is 5.75 Å². The molecule has 7 heteroatoms. The number of rotatable bonds is 6. The number of carbonyl (C=O) groups is 2. The van der Waals surface area contributed by atoms with Gasteiger partial charge in [-0.3, -0.25) is 4.90 Å². The molecule has 1 N–H and O–H groups in total. The maximum Gasteiger partial charge on any atom is 0.338 e. The molecule has 0 bridgehead atoms. The van der Waals surface area contributed by atoms with Gasteiger partial charge in [-0.15, -0.1) is 0 Å². The second kappa shape index (κ2) is 9.93. The van der Waals surface area contributed by atoms with Gasteiger partial charge < -0.3 is 19.7 Å². The second-order valence-corrected chi connectivity index (χ2v) is 6.80. The number of nitrogens with one attached hydrogen (secondary N) is 1. The fourth-order valence-corrected chi connectivity index (χ4v) is 3.29. The van der Waals surface area contributed by atoms with E-state index in [4.69, 9.17) is 9.47 Å². The third-order valence-corrected chi connectivity index (χ3v) is 4.89. The zero-order valence-corrected chi connectivity index (χ0v) is 16.9. The van der Waals surface area contributed by atoms with E-state index in [0.717, 1.165) is 30.9 Å². The maximum absolute atomic E-state index is 12.5. The van der Waals surface area contributed by atoms with E-state index in [1.165, 1.54) is 0 Å². The van der Waals surface area contributed by atoms with Crippen LogP contribution >= 0.6 is 0 Å². The molecule has 0 unspecified atom stereocenters. The van der Waals surface area contributed by atoms with Crippen molar-refractivity contribution in [2.24, 2.45) is 0 Å². The van der Waals surface area contributed by atoms with Crippen molar-refractivity contribution in [1.29, 1.82) is 0 Å².